The molecule has 0 aliphatic heterocycles. The highest BCUT2D eigenvalue weighted by Gasteiger charge is 2.11. The lowest BCUT2D eigenvalue weighted by Crippen LogP contribution is -2.03. The summed E-state index contributed by atoms with van der Waals surface area (Å²) < 4.78 is 1.56. The summed E-state index contributed by atoms with van der Waals surface area (Å²) in [7, 11) is 0. The van der Waals surface area contributed by atoms with Crippen molar-refractivity contribution >= 4 is 29.0 Å². The van der Waals surface area contributed by atoms with E-state index in [9.17, 15) is 0 Å². The number of benzene rings is 1. The molecule has 2 N–H and O–H groups in total. The minimum atomic E-state index is 0.439. The molecule has 0 aliphatic carbocycles. The van der Waals surface area contributed by atoms with Gasteiger partial charge in [0.1, 0.15) is 5.82 Å². The number of hydrogen-bond acceptors (Lipinski definition) is 2. The van der Waals surface area contributed by atoms with Crippen LogP contribution in [0.5, 0.6) is 0 Å². The Balaban J connectivity index is 2.59. The van der Waals surface area contributed by atoms with Gasteiger partial charge in [0.2, 0.25) is 0 Å². The van der Waals surface area contributed by atoms with E-state index < -0.39 is 0 Å². The summed E-state index contributed by atoms with van der Waals surface area (Å²) in [5, 5.41) is 5.08. The van der Waals surface area contributed by atoms with E-state index in [1.54, 1.807) is 23.0 Å². The molecular weight excluding hydrogens is 245 g/mol. The van der Waals surface area contributed by atoms with E-state index in [4.69, 9.17) is 28.9 Å². The smallest absolute Gasteiger partial charge is 0.130 e. The molecule has 1 aromatic heterocycles. The highest BCUT2D eigenvalue weighted by molar-refractivity contribution is 6.43. The SMILES string of the molecule is [CH2]Cc1cnn(-c2cccc(Cl)c2Cl)c1N. The second-order valence-corrected chi connectivity index (χ2v) is 4.07. The molecule has 1 radical (unpaired) electrons. The van der Waals surface area contributed by atoms with Gasteiger partial charge in [-0.25, -0.2) is 4.68 Å². The molecule has 0 aliphatic rings. The summed E-state index contributed by atoms with van der Waals surface area (Å²) in [6.45, 7) is 3.77. The van der Waals surface area contributed by atoms with Crippen LogP contribution >= 0.6 is 23.2 Å². The molecule has 0 unspecified atom stereocenters. The Kier molecular flexibility index (Phi) is 3.08. The third kappa shape index (κ3) is 1.77. The van der Waals surface area contributed by atoms with Gasteiger partial charge in [0.25, 0.3) is 0 Å². The molecule has 16 heavy (non-hydrogen) atoms. The van der Waals surface area contributed by atoms with Gasteiger partial charge in [0, 0.05) is 5.56 Å². The second kappa shape index (κ2) is 4.36. The van der Waals surface area contributed by atoms with Crippen LogP contribution in [0.25, 0.3) is 5.69 Å². The van der Waals surface area contributed by atoms with Gasteiger partial charge in [-0.1, -0.05) is 29.3 Å². The van der Waals surface area contributed by atoms with Crippen LogP contribution in [0.15, 0.2) is 24.4 Å². The number of anilines is 1. The van der Waals surface area contributed by atoms with E-state index in [2.05, 4.69) is 12.0 Å². The Morgan fingerprint density at radius 2 is 2.12 bits per heavy atom. The number of rotatable bonds is 2. The first kappa shape index (κ1) is 11.3. The first-order chi connectivity index (χ1) is 7.65. The molecule has 1 heterocycles. The normalized spacial score (nSPS) is 10.7. The quantitative estimate of drug-likeness (QED) is 0.895. The van der Waals surface area contributed by atoms with Crippen molar-refractivity contribution < 1.29 is 0 Å². The van der Waals surface area contributed by atoms with Crippen molar-refractivity contribution in [3.8, 4) is 5.69 Å². The van der Waals surface area contributed by atoms with Crippen molar-refractivity contribution in [2.75, 3.05) is 5.73 Å². The largest absolute Gasteiger partial charge is 0.383 e. The van der Waals surface area contributed by atoms with Gasteiger partial charge in [-0.05, 0) is 25.5 Å². The molecule has 0 amide bonds. The zero-order valence-electron chi connectivity index (χ0n) is 8.45. The summed E-state index contributed by atoms with van der Waals surface area (Å²) >= 11 is 12.0. The predicted molar refractivity (Wildman–Crippen MR) is 67.1 cm³/mol. The highest BCUT2D eigenvalue weighted by Crippen LogP contribution is 2.30. The van der Waals surface area contributed by atoms with Crippen LogP contribution in [0.2, 0.25) is 10.0 Å². The molecule has 0 bridgehead atoms. The maximum atomic E-state index is 6.09. The van der Waals surface area contributed by atoms with Gasteiger partial charge < -0.3 is 5.73 Å². The standard InChI is InChI=1S/C11H10Cl2N3/c1-2-7-6-15-16(11(7)14)9-5-3-4-8(12)10(9)13/h3-6H,1-2,14H2. The lowest BCUT2D eigenvalue weighted by molar-refractivity contribution is 0.891. The summed E-state index contributed by atoms with van der Waals surface area (Å²) in [4.78, 5) is 0. The minimum Gasteiger partial charge on any atom is -0.383 e. The van der Waals surface area contributed by atoms with E-state index in [1.165, 1.54) is 0 Å². The van der Waals surface area contributed by atoms with Crippen molar-refractivity contribution in [3.05, 3.63) is 46.9 Å². The number of nitrogens with zero attached hydrogens (tertiary/aromatic N) is 2. The fraction of sp³-hybridized carbons (Fsp3) is 0.0909. The molecule has 1 aromatic carbocycles. The Bertz CT molecular complexity index is 520. The van der Waals surface area contributed by atoms with E-state index in [0.717, 1.165) is 5.56 Å². The molecule has 2 aromatic rings. The number of nitrogen functional groups attached to an aromatic ring is 1. The van der Waals surface area contributed by atoms with Crippen molar-refractivity contribution in [2.24, 2.45) is 0 Å². The maximum absolute atomic E-state index is 6.09. The molecule has 83 valence electrons. The number of aromatic nitrogens is 2. The lowest BCUT2D eigenvalue weighted by atomic mass is 10.2. The number of hydrogen-bond donors (Lipinski definition) is 1. The molecule has 3 nitrogen and oxygen atoms in total. The molecule has 2 rings (SSSR count). The lowest BCUT2D eigenvalue weighted by Gasteiger charge is -2.07. The molecule has 0 fully saturated rings. The van der Waals surface area contributed by atoms with E-state index >= 15 is 0 Å². The molecule has 0 saturated heterocycles. The third-order valence-electron chi connectivity index (χ3n) is 2.31. The molecule has 0 spiro atoms. The maximum Gasteiger partial charge on any atom is 0.130 e. The molecule has 5 heteroatoms. The van der Waals surface area contributed by atoms with Crippen molar-refractivity contribution in [2.45, 2.75) is 6.42 Å². The van der Waals surface area contributed by atoms with Gasteiger partial charge in [0.05, 0.1) is 21.9 Å². The van der Waals surface area contributed by atoms with Crippen LogP contribution in [-0.2, 0) is 6.42 Å². The van der Waals surface area contributed by atoms with Crippen LogP contribution in [0.3, 0.4) is 0 Å². The minimum absolute atomic E-state index is 0.439. The van der Waals surface area contributed by atoms with E-state index in [0.29, 0.717) is 28.0 Å². The van der Waals surface area contributed by atoms with E-state index in [1.807, 2.05) is 6.07 Å². The Hall–Kier alpha value is -1.19. The summed E-state index contributed by atoms with van der Waals surface area (Å²) in [6.07, 6.45) is 2.27. The number of nitrogens with two attached hydrogens (primary N) is 1. The predicted octanol–water partition coefficient (Wildman–Crippen LogP) is 3.14. The average molecular weight is 255 g/mol. The van der Waals surface area contributed by atoms with Gasteiger partial charge in [0.15, 0.2) is 0 Å². The Morgan fingerprint density at radius 1 is 1.38 bits per heavy atom. The van der Waals surface area contributed by atoms with Crippen LogP contribution in [0, 0.1) is 6.92 Å². The zero-order valence-corrected chi connectivity index (χ0v) is 9.96. The average Bonchev–Trinajstić information content (AvgIpc) is 2.64. The third-order valence-corrected chi connectivity index (χ3v) is 3.12. The Morgan fingerprint density at radius 3 is 2.75 bits per heavy atom. The summed E-state index contributed by atoms with van der Waals surface area (Å²) in [6, 6.07) is 5.33. The molecular formula is C11H10Cl2N3. The molecule has 0 saturated carbocycles. The zero-order chi connectivity index (χ0) is 11.7. The highest BCUT2D eigenvalue weighted by atomic mass is 35.5. The summed E-state index contributed by atoms with van der Waals surface area (Å²) in [5.41, 5.74) is 7.48. The monoisotopic (exact) mass is 254 g/mol. The second-order valence-electron chi connectivity index (χ2n) is 3.29. The first-order valence-electron chi connectivity index (χ1n) is 4.71. The van der Waals surface area contributed by atoms with Crippen LogP contribution < -0.4 is 5.73 Å². The van der Waals surface area contributed by atoms with Gasteiger partial charge in [-0.3, -0.25) is 0 Å². The van der Waals surface area contributed by atoms with Crippen LogP contribution in [-0.4, -0.2) is 9.78 Å². The van der Waals surface area contributed by atoms with Crippen molar-refractivity contribution in [1.29, 1.82) is 0 Å². The van der Waals surface area contributed by atoms with Gasteiger partial charge in [-0.15, -0.1) is 0 Å². The van der Waals surface area contributed by atoms with Crippen molar-refractivity contribution in [3.63, 3.8) is 0 Å². The molecule has 0 atom stereocenters. The van der Waals surface area contributed by atoms with Gasteiger partial charge in [-0.2, -0.15) is 5.10 Å². The van der Waals surface area contributed by atoms with Crippen molar-refractivity contribution in [1.82, 2.24) is 9.78 Å². The Labute approximate surface area is 104 Å². The van der Waals surface area contributed by atoms with Crippen LogP contribution in [0.1, 0.15) is 5.56 Å². The fourth-order valence-corrected chi connectivity index (χ4v) is 1.81. The topological polar surface area (TPSA) is 43.8 Å². The fourth-order valence-electron chi connectivity index (χ4n) is 1.43. The number of halogens is 2. The van der Waals surface area contributed by atoms with Crippen LogP contribution in [0.4, 0.5) is 5.82 Å². The summed E-state index contributed by atoms with van der Waals surface area (Å²) in [5.74, 6) is 0.541. The van der Waals surface area contributed by atoms with E-state index in [-0.39, 0.29) is 0 Å². The van der Waals surface area contributed by atoms with Gasteiger partial charge >= 0.3 is 0 Å². The first-order valence-corrected chi connectivity index (χ1v) is 5.46.